The molecule has 3 rings (SSSR count). The Hall–Kier alpha value is -2.51. The molecule has 0 aliphatic carbocycles. The van der Waals surface area contributed by atoms with E-state index in [-0.39, 0.29) is 11.7 Å². The van der Waals surface area contributed by atoms with E-state index in [4.69, 9.17) is 21.7 Å². The second kappa shape index (κ2) is 7.80. The minimum Gasteiger partial charge on any atom is -0.504 e. The number of carbonyl (C=O) groups is 1. The van der Waals surface area contributed by atoms with Gasteiger partial charge in [-0.25, -0.2) is 0 Å². The number of rotatable bonds is 5. The van der Waals surface area contributed by atoms with Crippen LogP contribution in [0, 0.1) is 0 Å². The fourth-order valence-electron chi connectivity index (χ4n) is 2.53. The third-order valence-electron chi connectivity index (χ3n) is 3.70. The van der Waals surface area contributed by atoms with E-state index >= 15 is 0 Å². The van der Waals surface area contributed by atoms with Crippen LogP contribution >= 0.6 is 24.0 Å². The first-order valence-corrected chi connectivity index (χ1v) is 9.14. The molecule has 1 amide bonds. The Morgan fingerprint density at radius 3 is 2.73 bits per heavy atom. The third-order valence-corrected chi connectivity index (χ3v) is 5.00. The summed E-state index contributed by atoms with van der Waals surface area (Å²) in [5.41, 5.74) is 1.36. The Labute approximate surface area is 161 Å². The van der Waals surface area contributed by atoms with Crippen LogP contribution in [0.2, 0.25) is 0 Å². The number of nitrogens with zero attached hydrogens (tertiary/aromatic N) is 1. The van der Waals surface area contributed by atoms with E-state index in [0.717, 1.165) is 5.56 Å². The number of benzene rings is 2. The van der Waals surface area contributed by atoms with E-state index in [1.165, 1.54) is 29.8 Å². The maximum absolute atomic E-state index is 12.9. The lowest BCUT2D eigenvalue weighted by molar-refractivity contribution is -0.113. The lowest BCUT2D eigenvalue weighted by atomic mass is 10.2. The highest BCUT2D eigenvalue weighted by molar-refractivity contribution is 8.27. The van der Waals surface area contributed by atoms with E-state index in [1.807, 2.05) is 31.2 Å². The minimum atomic E-state index is -0.209. The second-order valence-corrected chi connectivity index (χ2v) is 7.02. The van der Waals surface area contributed by atoms with Crippen LogP contribution < -0.4 is 14.4 Å². The fraction of sp³-hybridized carbons (Fsp3) is 0.158. The number of para-hydroxylation sites is 2. The fourth-order valence-corrected chi connectivity index (χ4v) is 3.82. The van der Waals surface area contributed by atoms with Gasteiger partial charge in [0.05, 0.1) is 24.3 Å². The number of phenols is 1. The van der Waals surface area contributed by atoms with Crippen molar-refractivity contribution < 1.29 is 19.4 Å². The van der Waals surface area contributed by atoms with Crippen LogP contribution in [0.4, 0.5) is 5.69 Å². The maximum Gasteiger partial charge on any atom is 0.270 e. The maximum atomic E-state index is 12.9. The molecule has 5 nitrogen and oxygen atoms in total. The number of thiocarbonyl (C=S) groups is 1. The lowest BCUT2D eigenvalue weighted by Gasteiger charge is -2.18. The Kier molecular flexibility index (Phi) is 5.49. The van der Waals surface area contributed by atoms with Gasteiger partial charge in [0.25, 0.3) is 5.91 Å². The smallest absolute Gasteiger partial charge is 0.270 e. The number of hydrogen-bond acceptors (Lipinski definition) is 6. The summed E-state index contributed by atoms with van der Waals surface area (Å²) in [5, 5.41) is 9.70. The monoisotopic (exact) mass is 387 g/mol. The molecule has 0 spiro atoms. The predicted molar refractivity (Wildman–Crippen MR) is 108 cm³/mol. The van der Waals surface area contributed by atoms with Crippen LogP contribution in [0.5, 0.6) is 17.2 Å². The average molecular weight is 387 g/mol. The number of thioether (sulfide) groups is 1. The number of hydrogen-bond donors (Lipinski definition) is 1. The highest BCUT2D eigenvalue weighted by Gasteiger charge is 2.34. The topological polar surface area (TPSA) is 59.0 Å². The van der Waals surface area contributed by atoms with Crippen molar-refractivity contribution in [2.75, 3.05) is 18.6 Å². The molecule has 1 fully saturated rings. The molecule has 134 valence electrons. The van der Waals surface area contributed by atoms with Crippen LogP contribution in [0.1, 0.15) is 12.5 Å². The molecule has 0 saturated carbocycles. The van der Waals surface area contributed by atoms with Crippen LogP contribution in [0.15, 0.2) is 47.4 Å². The van der Waals surface area contributed by atoms with Crippen molar-refractivity contribution in [1.82, 2.24) is 0 Å². The third kappa shape index (κ3) is 3.54. The van der Waals surface area contributed by atoms with E-state index in [1.54, 1.807) is 18.2 Å². The van der Waals surface area contributed by atoms with Gasteiger partial charge in [0.1, 0.15) is 5.75 Å². The van der Waals surface area contributed by atoms with Crippen LogP contribution in [-0.2, 0) is 4.79 Å². The van der Waals surface area contributed by atoms with Gasteiger partial charge in [-0.3, -0.25) is 9.69 Å². The zero-order chi connectivity index (χ0) is 18.7. The predicted octanol–water partition coefficient (Wildman–Crippen LogP) is 4.21. The molecule has 7 heteroatoms. The van der Waals surface area contributed by atoms with Gasteiger partial charge in [0.15, 0.2) is 15.8 Å². The Balaban J connectivity index is 1.95. The van der Waals surface area contributed by atoms with Crippen molar-refractivity contribution in [3.8, 4) is 17.2 Å². The summed E-state index contributed by atoms with van der Waals surface area (Å²) in [7, 11) is 1.48. The number of methoxy groups -OCH3 is 1. The second-order valence-electron chi connectivity index (χ2n) is 5.35. The molecule has 1 N–H and O–H groups in total. The first-order chi connectivity index (χ1) is 12.5. The molecule has 0 unspecified atom stereocenters. The van der Waals surface area contributed by atoms with Crippen molar-refractivity contribution in [2.45, 2.75) is 6.92 Å². The summed E-state index contributed by atoms with van der Waals surface area (Å²) in [5.74, 6) is 0.789. The molecule has 1 heterocycles. The van der Waals surface area contributed by atoms with Gasteiger partial charge >= 0.3 is 0 Å². The molecule has 0 atom stereocenters. The first-order valence-electron chi connectivity index (χ1n) is 7.92. The van der Waals surface area contributed by atoms with Gasteiger partial charge in [-0.05, 0) is 42.8 Å². The minimum absolute atomic E-state index is 0.0443. The average Bonchev–Trinajstić information content (AvgIpc) is 2.91. The quantitative estimate of drug-likeness (QED) is 0.613. The number of ether oxygens (including phenoxy) is 2. The van der Waals surface area contributed by atoms with Gasteiger partial charge in [-0.1, -0.05) is 42.2 Å². The van der Waals surface area contributed by atoms with Crippen molar-refractivity contribution >= 4 is 46.0 Å². The normalized spacial score (nSPS) is 15.6. The van der Waals surface area contributed by atoms with Crippen molar-refractivity contribution in [3.63, 3.8) is 0 Å². The van der Waals surface area contributed by atoms with Crippen molar-refractivity contribution in [3.05, 3.63) is 52.9 Å². The van der Waals surface area contributed by atoms with Gasteiger partial charge in [-0.2, -0.15) is 0 Å². The van der Waals surface area contributed by atoms with Gasteiger partial charge < -0.3 is 14.6 Å². The molecule has 2 aromatic carbocycles. The zero-order valence-electron chi connectivity index (χ0n) is 14.3. The molecule has 26 heavy (non-hydrogen) atoms. The molecule has 0 aromatic heterocycles. The standard InChI is InChI=1S/C19H17NO4S2/c1-3-24-15-7-5-4-6-13(15)20-18(22)17(26-19(20)25)11-12-8-9-14(21)16(10-12)23-2/h4-11,21H,3H2,1-2H3/b17-11-. The molecule has 0 bridgehead atoms. The Bertz CT molecular complexity index is 895. The summed E-state index contributed by atoms with van der Waals surface area (Å²) >= 11 is 6.64. The zero-order valence-corrected chi connectivity index (χ0v) is 15.9. The first kappa shape index (κ1) is 18.3. The molecule has 1 aliphatic rings. The molecule has 2 aromatic rings. The van der Waals surface area contributed by atoms with Crippen LogP contribution in [0.3, 0.4) is 0 Å². The van der Waals surface area contributed by atoms with Gasteiger partial charge in [0.2, 0.25) is 0 Å². The highest BCUT2D eigenvalue weighted by Crippen LogP contribution is 2.40. The van der Waals surface area contributed by atoms with E-state index in [9.17, 15) is 9.90 Å². The molecule has 1 saturated heterocycles. The lowest BCUT2D eigenvalue weighted by Crippen LogP contribution is -2.28. The summed E-state index contributed by atoms with van der Waals surface area (Å²) in [6.45, 7) is 2.38. The van der Waals surface area contributed by atoms with E-state index < -0.39 is 0 Å². The number of amides is 1. The molecule has 0 radical (unpaired) electrons. The summed E-state index contributed by atoms with van der Waals surface area (Å²) in [6, 6.07) is 12.2. The SMILES string of the molecule is CCOc1ccccc1N1C(=O)/C(=C/c2ccc(O)c(OC)c2)SC1=S. The number of anilines is 1. The summed E-state index contributed by atoms with van der Waals surface area (Å²) in [4.78, 5) is 14.9. The van der Waals surface area contributed by atoms with E-state index in [0.29, 0.717) is 33.0 Å². The van der Waals surface area contributed by atoms with Crippen LogP contribution in [0.25, 0.3) is 6.08 Å². The van der Waals surface area contributed by atoms with Gasteiger partial charge in [0, 0.05) is 0 Å². The van der Waals surface area contributed by atoms with Gasteiger partial charge in [-0.15, -0.1) is 0 Å². The number of aromatic hydroxyl groups is 1. The summed E-state index contributed by atoms with van der Waals surface area (Å²) < 4.78 is 11.2. The Morgan fingerprint density at radius 1 is 1.23 bits per heavy atom. The number of phenolic OH excluding ortho intramolecular Hbond substituents is 1. The number of carbonyl (C=O) groups excluding carboxylic acids is 1. The summed E-state index contributed by atoms with van der Waals surface area (Å²) in [6.07, 6.45) is 1.73. The largest absolute Gasteiger partial charge is 0.504 e. The van der Waals surface area contributed by atoms with E-state index in [2.05, 4.69) is 0 Å². The van der Waals surface area contributed by atoms with Crippen molar-refractivity contribution in [2.24, 2.45) is 0 Å². The molecular weight excluding hydrogens is 370 g/mol. The van der Waals surface area contributed by atoms with Crippen LogP contribution in [-0.4, -0.2) is 29.1 Å². The molecule has 1 aliphatic heterocycles. The Morgan fingerprint density at radius 2 is 2.00 bits per heavy atom. The molecular formula is C19H17NO4S2. The van der Waals surface area contributed by atoms with Crippen molar-refractivity contribution in [1.29, 1.82) is 0 Å². The highest BCUT2D eigenvalue weighted by atomic mass is 32.2.